The fraction of sp³-hybridized carbons (Fsp3) is 0.278. The van der Waals surface area contributed by atoms with Crippen LogP contribution in [0.3, 0.4) is 0 Å². The summed E-state index contributed by atoms with van der Waals surface area (Å²) in [5, 5.41) is 0.409. The first-order chi connectivity index (χ1) is 11.7. The zero-order chi connectivity index (χ0) is 18.6. The Hall–Kier alpha value is -2.05. The van der Waals surface area contributed by atoms with E-state index < -0.39 is 10.0 Å². The number of sulfonamides is 1. The van der Waals surface area contributed by atoms with E-state index in [4.69, 9.17) is 11.6 Å². The van der Waals surface area contributed by atoms with Crippen LogP contribution in [0.5, 0.6) is 0 Å². The first kappa shape index (κ1) is 19.3. The van der Waals surface area contributed by atoms with Gasteiger partial charge in [0.1, 0.15) is 6.54 Å². The van der Waals surface area contributed by atoms with Crippen molar-refractivity contribution in [2.75, 3.05) is 24.2 Å². The molecule has 0 atom stereocenters. The molecule has 0 heterocycles. The van der Waals surface area contributed by atoms with Gasteiger partial charge in [-0.05, 0) is 30.7 Å². The van der Waals surface area contributed by atoms with Gasteiger partial charge in [-0.25, -0.2) is 8.42 Å². The number of hydrogen-bond acceptors (Lipinski definition) is 3. The quantitative estimate of drug-likeness (QED) is 0.773. The number of anilines is 1. The van der Waals surface area contributed by atoms with Gasteiger partial charge in [0, 0.05) is 18.6 Å². The highest BCUT2D eigenvalue weighted by Gasteiger charge is 2.23. The van der Waals surface area contributed by atoms with Crippen molar-refractivity contribution in [2.24, 2.45) is 0 Å². The third-order valence-corrected chi connectivity index (χ3v) is 5.12. The highest BCUT2D eigenvalue weighted by Crippen LogP contribution is 2.22. The van der Waals surface area contributed by atoms with Crippen molar-refractivity contribution < 1.29 is 13.2 Å². The summed E-state index contributed by atoms with van der Waals surface area (Å²) >= 11 is 5.94. The molecule has 1 amide bonds. The Balaban J connectivity index is 2.15. The van der Waals surface area contributed by atoms with Gasteiger partial charge in [-0.15, -0.1) is 0 Å². The Kier molecular flexibility index (Phi) is 6.08. The van der Waals surface area contributed by atoms with Gasteiger partial charge in [0.05, 0.1) is 11.9 Å². The molecule has 0 fully saturated rings. The predicted molar refractivity (Wildman–Crippen MR) is 101 cm³/mol. The molecule has 0 saturated heterocycles. The summed E-state index contributed by atoms with van der Waals surface area (Å²) in [4.78, 5) is 14.0. The second-order valence-electron chi connectivity index (χ2n) is 5.98. The number of halogens is 1. The van der Waals surface area contributed by atoms with Gasteiger partial charge in [-0.1, -0.05) is 47.5 Å². The predicted octanol–water partition coefficient (Wildman–Crippen LogP) is 3.07. The van der Waals surface area contributed by atoms with Gasteiger partial charge >= 0.3 is 0 Å². The zero-order valence-corrected chi connectivity index (χ0v) is 16.0. The zero-order valence-electron chi connectivity index (χ0n) is 14.4. The SMILES string of the molecule is Cc1ccc(CN(C)C(=O)CN(c2cccc(Cl)c2)S(C)(=O)=O)cc1. The van der Waals surface area contributed by atoms with Crippen molar-refractivity contribution in [2.45, 2.75) is 13.5 Å². The number of carbonyl (C=O) groups is 1. The molecule has 0 aliphatic carbocycles. The molecule has 25 heavy (non-hydrogen) atoms. The Morgan fingerprint density at radius 3 is 2.32 bits per heavy atom. The van der Waals surface area contributed by atoms with Crippen LogP contribution >= 0.6 is 11.6 Å². The molecule has 0 spiro atoms. The van der Waals surface area contributed by atoms with Crippen molar-refractivity contribution in [3.8, 4) is 0 Å². The summed E-state index contributed by atoms with van der Waals surface area (Å²) < 4.78 is 25.3. The second-order valence-corrected chi connectivity index (χ2v) is 8.33. The van der Waals surface area contributed by atoms with E-state index in [0.717, 1.165) is 21.7 Å². The van der Waals surface area contributed by atoms with Gasteiger partial charge < -0.3 is 4.90 Å². The van der Waals surface area contributed by atoms with E-state index in [9.17, 15) is 13.2 Å². The molecular weight excluding hydrogens is 360 g/mol. The second kappa shape index (κ2) is 7.89. The number of benzene rings is 2. The number of likely N-dealkylation sites (N-methyl/N-ethyl adjacent to an activating group) is 1. The summed E-state index contributed by atoms with van der Waals surface area (Å²) in [6.45, 7) is 2.13. The first-order valence-corrected chi connectivity index (χ1v) is 9.92. The van der Waals surface area contributed by atoms with Gasteiger partial charge in [0.2, 0.25) is 15.9 Å². The maximum absolute atomic E-state index is 12.5. The van der Waals surface area contributed by atoms with E-state index in [1.807, 2.05) is 31.2 Å². The number of amides is 1. The molecule has 134 valence electrons. The molecule has 0 aliphatic rings. The van der Waals surface area contributed by atoms with Crippen LogP contribution in [-0.2, 0) is 21.4 Å². The van der Waals surface area contributed by atoms with Gasteiger partial charge in [0.15, 0.2) is 0 Å². The van der Waals surface area contributed by atoms with Crippen molar-refractivity contribution in [1.82, 2.24) is 4.90 Å². The van der Waals surface area contributed by atoms with Crippen LogP contribution in [0.1, 0.15) is 11.1 Å². The highest BCUT2D eigenvalue weighted by molar-refractivity contribution is 7.92. The smallest absolute Gasteiger partial charge is 0.243 e. The van der Waals surface area contributed by atoms with Gasteiger partial charge in [0.25, 0.3) is 0 Å². The number of rotatable bonds is 6. The summed E-state index contributed by atoms with van der Waals surface area (Å²) in [5.41, 5.74) is 2.49. The molecular formula is C18H21ClN2O3S. The topological polar surface area (TPSA) is 57.7 Å². The lowest BCUT2D eigenvalue weighted by molar-refractivity contribution is -0.128. The molecule has 2 aromatic rings. The third kappa shape index (κ3) is 5.47. The molecule has 5 nitrogen and oxygen atoms in total. The van der Waals surface area contributed by atoms with E-state index >= 15 is 0 Å². The molecule has 0 radical (unpaired) electrons. The Bertz CT molecular complexity index is 851. The highest BCUT2D eigenvalue weighted by atomic mass is 35.5. The minimum absolute atomic E-state index is 0.276. The van der Waals surface area contributed by atoms with Crippen molar-refractivity contribution >= 4 is 33.2 Å². The molecule has 2 rings (SSSR count). The molecule has 0 aliphatic heterocycles. The number of hydrogen-bond donors (Lipinski definition) is 0. The molecule has 0 aromatic heterocycles. The molecule has 0 N–H and O–H groups in total. The summed E-state index contributed by atoms with van der Waals surface area (Å²) in [5.74, 6) is -0.300. The normalized spacial score (nSPS) is 11.2. The van der Waals surface area contributed by atoms with Gasteiger partial charge in [-0.3, -0.25) is 9.10 Å². The molecule has 7 heteroatoms. The monoisotopic (exact) mass is 380 g/mol. The molecule has 0 unspecified atom stereocenters. The summed E-state index contributed by atoms with van der Waals surface area (Å²) in [7, 11) is -1.96. The van der Waals surface area contributed by atoms with Crippen LogP contribution in [0.4, 0.5) is 5.69 Å². The lowest BCUT2D eigenvalue weighted by atomic mass is 10.1. The summed E-state index contributed by atoms with van der Waals surface area (Å²) in [6.07, 6.45) is 1.07. The van der Waals surface area contributed by atoms with E-state index in [1.165, 1.54) is 11.0 Å². The average molecular weight is 381 g/mol. The number of carbonyl (C=O) groups excluding carboxylic acids is 1. The van der Waals surface area contributed by atoms with Crippen molar-refractivity contribution in [3.63, 3.8) is 0 Å². The minimum Gasteiger partial charge on any atom is -0.340 e. The summed E-state index contributed by atoms with van der Waals surface area (Å²) in [6, 6.07) is 14.3. The molecule has 2 aromatic carbocycles. The fourth-order valence-corrected chi connectivity index (χ4v) is 3.36. The van der Waals surface area contributed by atoms with Crippen LogP contribution < -0.4 is 4.31 Å². The fourth-order valence-electron chi connectivity index (χ4n) is 2.33. The average Bonchev–Trinajstić information content (AvgIpc) is 2.53. The van der Waals surface area contributed by atoms with Crippen LogP contribution in [-0.4, -0.2) is 39.1 Å². The standard InChI is InChI=1S/C18H21ClN2O3S/c1-14-7-9-15(10-8-14)12-20(2)18(22)13-21(25(3,23)24)17-6-4-5-16(19)11-17/h4-11H,12-13H2,1-3H3. The van der Waals surface area contributed by atoms with Crippen LogP contribution in [0.25, 0.3) is 0 Å². The third-order valence-electron chi connectivity index (χ3n) is 3.74. The van der Waals surface area contributed by atoms with E-state index in [0.29, 0.717) is 17.3 Å². The number of nitrogens with zero attached hydrogens (tertiary/aromatic N) is 2. The van der Waals surface area contributed by atoms with Crippen LogP contribution in [0, 0.1) is 6.92 Å². The lowest BCUT2D eigenvalue weighted by Crippen LogP contribution is -2.41. The van der Waals surface area contributed by atoms with Gasteiger partial charge in [-0.2, -0.15) is 0 Å². The Labute approximate surface area is 153 Å². The van der Waals surface area contributed by atoms with E-state index in [-0.39, 0.29) is 12.5 Å². The Morgan fingerprint density at radius 1 is 1.12 bits per heavy atom. The van der Waals surface area contributed by atoms with Crippen LogP contribution in [0.2, 0.25) is 5.02 Å². The van der Waals surface area contributed by atoms with Crippen LogP contribution in [0.15, 0.2) is 48.5 Å². The van der Waals surface area contributed by atoms with Crippen molar-refractivity contribution in [3.05, 3.63) is 64.7 Å². The maximum Gasteiger partial charge on any atom is 0.243 e. The minimum atomic E-state index is -3.61. The number of aryl methyl sites for hydroxylation is 1. The first-order valence-electron chi connectivity index (χ1n) is 7.69. The largest absolute Gasteiger partial charge is 0.340 e. The molecule has 0 saturated carbocycles. The molecule has 0 bridgehead atoms. The van der Waals surface area contributed by atoms with E-state index in [2.05, 4.69) is 0 Å². The maximum atomic E-state index is 12.5. The lowest BCUT2D eigenvalue weighted by Gasteiger charge is -2.25. The Morgan fingerprint density at radius 2 is 1.76 bits per heavy atom. The van der Waals surface area contributed by atoms with E-state index in [1.54, 1.807) is 25.2 Å². The van der Waals surface area contributed by atoms with Crippen molar-refractivity contribution in [1.29, 1.82) is 0 Å².